The Morgan fingerprint density at radius 1 is 1.45 bits per heavy atom. The van der Waals surface area contributed by atoms with Gasteiger partial charge in [0.15, 0.2) is 5.43 Å². The number of hydrogen-bond donors (Lipinski definition) is 2. The number of alkyl halides is 2. The van der Waals surface area contributed by atoms with Crippen LogP contribution < -0.4 is 11.2 Å². The van der Waals surface area contributed by atoms with Crippen LogP contribution >= 0.6 is 0 Å². The summed E-state index contributed by atoms with van der Waals surface area (Å²) in [6.07, 6.45) is 2.34. The van der Waals surface area contributed by atoms with Gasteiger partial charge in [-0.2, -0.15) is 0 Å². The second-order valence-electron chi connectivity index (χ2n) is 5.36. The van der Waals surface area contributed by atoms with Crippen molar-refractivity contribution < 1.29 is 8.78 Å². The molecule has 20 heavy (non-hydrogen) atoms. The number of anilines is 1. The van der Waals surface area contributed by atoms with Crippen LogP contribution in [0.25, 0.3) is 10.9 Å². The minimum absolute atomic E-state index is 0.0712. The number of pyridine rings is 2. The van der Waals surface area contributed by atoms with Gasteiger partial charge in [-0.1, -0.05) is 0 Å². The molecule has 1 fully saturated rings. The third-order valence-corrected chi connectivity index (χ3v) is 3.87. The van der Waals surface area contributed by atoms with E-state index in [1.165, 1.54) is 12.3 Å². The average Bonchev–Trinajstić information content (AvgIpc) is 2.37. The van der Waals surface area contributed by atoms with E-state index in [0.717, 1.165) is 0 Å². The van der Waals surface area contributed by atoms with E-state index >= 15 is 0 Å². The average molecular weight is 279 g/mol. The van der Waals surface area contributed by atoms with E-state index in [1.807, 2.05) is 0 Å². The van der Waals surface area contributed by atoms with Crippen molar-refractivity contribution in [2.24, 2.45) is 0 Å². The molecule has 3 N–H and O–H groups in total. The zero-order valence-corrected chi connectivity index (χ0v) is 10.8. The van der Waals surface area contributed by atoms with Crippen LogP contribution in [0, 0.1) is 0 Å². The van der Waals surface area contributed by atoms with Crippen LogP contribution in [0.3, 0.4) is 0 Å². The summed E-state index contributed by atoms with van der Waals surface area (Å²) in [6.45, 7) is 0. The van der Waals surface area contributed by atoms with Gasteiger partial charge in [0.1, 0.15) is 5.82 Å². The number of fused-ring (bicyclic) bond motifs is 1. The number of aromatic amines is 1. The van der Waals surface area contributed by atoms with Gasteiger partial charge >= 0.3 is 0 Å². The van der Waals surface area contributed by atoms with Crippen molar-refractivity contribution in [1.29, 1.82) is 0 Å². The van der Waals surface area contributed by atoms with E-state index in [0.29, 0.717) is 29.4 Å². The van der Waals surface area contributed by atoms with E-state index in [9.17, 15) is 13.6 Å². The number of nitrogens with two attached hydrogens (primary N) is 1. The summed E-state index contributed by atoms with van der Waals surface area (Å²) in [5.41, 5.74) is 6.52. The number of hydrogen-bond acceptors (Lipinski definition) is 3. The molecule has 106 valence electrons. The summed E-state index contributed by atoms with van der Waals surface area (Å²) in [4.78, 5) is 19.0. The number of nitrogens with zero attached hydrogens (tertiary/aromatic N) is 1. The lowest BCUT2D eigenvalue weighted by molar-refractivity contribution is -0.0412. The highest BCUT2D eigenvalue weighted by Crippen LogP contribution is 2.41. The van der Waals surface area contributed by atoms with Crippen molar-refractivity contribution >= 4 is 16.7 Å². The SMILES string of the molecule is Nc1nccc2[nH]c([C@H]3CCCC(F)(F)C3)cc(=O)c12. The van der Waals surface area contributed by atoms with Crippen molar-refractivity contribution in [3.8, 4) is 0 Å². The van der Waals surface area contributed by atoms with Gasteiger partial charge in [-0.15, -0.1) is 0 Å². The first-order valence-electron chi connectivity index (χ1n) is 6.61. The molecule has 4 nitrogen and oxygen atoms in total. The molecule has 0 unspecified atom stereocenters. The zero-order valence-electron chi connectivity index (χ0n) is 10.8. The molecule has 2 aromatic heterocycles. The van der Waals surface area contributed by atoms with Crippen molar-refractivity contribution in [1.82, 2.24) is 9.97 Å². The molecule has 3 rings (SSSR count). The Kier molecular flexibility index (Phi) is 2.96. The molecular formula is C14H15F2N3O. The fraction of sp³-hybridized carbons (Fsp3) is 0.429. The molecule has 1 atom stereocenters. The Labute approximate surface area is 114 Å². The Morgan fingerprint density at radius 3 is 3.00 bits per heavy atom. The van der Waals surface area contributed by atoms with Crippen LogP contribution in [0.4, 0.5) is 14.6 Å². The molecule has 1 aliphatic rings. The second-order valence-corrected chi connectivity index (χ2v) is 5.36. The van der Waals surface area contributed by atoms with Gasteiger partial charge in [-0.3, -0.25) is 4.79 Å². The van der Waals surface area contributed by atoms with Crippen LogP contribution in [-0.2, 0) is 0 Å². The lowest BCUT2D eigenvalue weighted by Crippen LogP contribution is -2.26. The van der Waals surface area contributed by atoms with Gasteiger partial charge < -0.3 is 10.7 Å². The van der Waals surface area contributed by atoms with Crippen molar-refractivity contribution in [2.45, 2.75) is 37.5 Å². The summed E-state index contributed by atoms with van der Waals surface area (Å²) in [5, 5.41) is 0.318. The third kappa shape index (κ3) is 2.26. The first-order valence-corrected chi connectivity index (χ1v) is 6.61. The van der Waals surface area contributed by atoms with Gasteiger partial charge in [0.2, 0.25) is 5.92 Å². The van der Waals surface area contributed by atoms with Crippen LogP contribution in [0.5, 0.6) is 0 Å². The molecule has 0 saturated heterocycles. The van der Waals surface area contributed by atoms with E-state index in [4.69, 9.17) is 5.73 Å². The van der Waals surface area contributed by atoms with Crippen LogP contribution in [0.2, 0.25) is 0 Å². The summed E-state index contributed by atoms with van der Waals surface area (Å²) < 4.78 is 27.0. The third-order valence-electron chi connectivity index (χ3n) is 3.87. The largest absolute Gasteiger partial charge is 0.383 e. The monoisotopic (exact) mass is 279 g/mol. The Balaban J connectivity index is 2.07. The summed E-state index contributed by atoms with van der Waals surface area (Å²) in [7, 11) is 0. The topological polar surface area (TPSA) is 71.8 Å². The molecule has 2 aromatic rings. The van der Waals surface area contributed by atoms with Crippen LogP contribution in [0.15, 0.2) is 23.1 Å². The molecule has 0 amide bonds. The number of H-pyrrole nitrogens is 1. The fourth-order valence-electron chi connectivity index (χ4n) is 2.90. The van der Waals surface area contributed by atoms with Gasteiger partial charge in [0.05, 0.1) is 10.9 Å². The predicted molar refractivity (Wildman–Crippen MR) is 72.9 cm³/mol. The van der Waals surface area contributed by atoms with E-state index in [2.05, 4.69) is 9.97 Å². The lowest BCUT2D eigenvalue weighted by atomic mass is 9.84. The number of aromatic nitrogens is 2. The first-order chi connectivity index (χ1) is 9.46. The molecule has 2 heterocycles. The molecular weight excluding hydrogens is 264 g/mol. The molecule has 0 bridgehead atoms. The Hall–Kier alpha value is -1.98. The normalized spacial score (nSPS) is 22.0. The van der Waals surface area contributed by atoms with Gasteiger partial charge in [0.25, 0.3) is 0 Å². The maximum Gasteiger partial charge on any atom is 0.248 e. The molecule has 0 aromatic carbocycles. The highest BCUT2D eigenvalue weighted by molar-refractivity contribution is 5.87. The van der Waals surface area contributed by atoms with Gasteiger partial charge in [0, 0.05) is 36.7 Å². The standard InChI is InChI=1S/C14H15F2N3O/c15-14(16)4-1-2-8(7-14)10-6-11(20)12-9(19-10)3-5-18-13(12)17/h3,5-6,8H,1-2,4,7H2,(H2,17,18)(H,19,20)/t8-/m0/s1. The predicted octanol–water partition coefficient (Wildman–Crippen LogP) is 2.80. The zero-order chi connectivity index (χ0) is 14.3. The lowest BCUT2D eigenvalue weighted by Gasteiger charge is -2.29. The fourth-order valence-corrected chi connectivity index (χ4v) is 2.90. The Bertz CT molecular complexity index is 711. The van der Waals surface area contributed by atoms with Crippen LogP contribution in [-0.4, -0.2) is 15.9 Å². The highest BCUT2D eigenvalue weighted by atomic mass is 19.3. The summed E-state index contributed by atoms with van der Waals surface area (Å²) in [5.74, 6) is -2.80. The second kappa shape index (κ2) is 4.54. The minimum Gasteiger partial charge on any atom is -0.383 e. The molecule has 0 aliphatic heterocycles. The summed E-state index contributed by atoms with van der Waals surface area (Å²) >= 11 is 0. The maximum absolute atomic E-state index is 13.5. The Morgan fingerprint density at radius 2 is 2.25 bits per heavy atom. The molecule has 1 saturated carbocycles. The van der Waals surface area contributed by atoms with E-state index in [-0.39, 0.29) is 30.0 Å². The minimum atomic E-state index is -2.65. The number of nitrogens with one attached hydrogen (secondary N) is 1. The number of rotatable bonds is 1. The van der Waals surface area contributed by atoms with Crippen molar-refractivity contribution in [2.75, 3.05) is 5.73 Å². The molecule has 6 heteroatoms. The highest BCUT2D eigenvalue weighted by Gasteiger charge is 2.37. The first kappa shape index (κ1) is 13.0. The number of halogens is 2. The van der Waals surface area contributed by atoms with Gasteiger partial charge in [-0.05, 0) is 18.9 Å². The maximum atomic E-state index is 13.5. The molecule has 0 radical (unpaired) electrons. The quantitative estimate of drug-likeness (QED) is 0.843. The molecule has 1 aliphatic carbocycles. The van der Waals surface area contributed by atoms with Crippen molar-refractivity contribution in [3.05, 3.63) is 34.2 Å². The van der Waals surface area contributed by atoms with E-state index in [1.54, 1.807) is 6.07 Å². The van der Waals surface area contributed by atoms with Gasteiger partial charge in [-0.25, -0.2) is 13.8 Å². The van der Waals surface area contributed by atoms with Crippen molar-refractivity contribution in [3.63, 3.8) is 0 Å². The number of nitrogen functional groups attached to an aromatic ring is 1. The smallest absolute Gasteiger partial charge is 0.248 e. The van der Waals surface area contributed by atoms with E-state index < -0.39 is 5.92 Å². The summed E-state index contributed by atoms with van der Waals surface area (Å²) in [6, 6.07) is 3.02. The molecule has 0 spiro atoms. The van der Waals surface area contributed by atoms with Crippen LogP contribution in [0.1, 0.15) is 37.3 Å².